The van der Waals surface area contributed by atoms with Gasteiger partial charge in [-0.25, -0.2) is 9.18 Å². The Hall–Kier alpha value is -1.34. The summed E-state index contributed by atoms with van der Waals surface area (Å²) >= 11 is 3.29. The maximum absolute atomic E-state index is 13.3. The number of nitrogens with zero attached hydrogens (tertiary/aromatic N) is 1. The lowest BCUT2D eigenvalue weighted by atomic mass is 10.1. The fourth-order valence-electron chi connectivity index (χ4n) is 2.27. The Labute approximate surface area is 143 Å². The summed E-state index contributed by atoms with van der Waals surface area (Å²) in [5.74, 6) is -0.0800. The monoisotopic (exact) mass is 389 g/mol. The third kappa shape index (κ3) is 5.07. The Morgan fingerprint density at radius 3 is 2.74 bits per heavy atom. The van der Waals surface area contributed by atoms with E-state index >= 15 is 0 Å². The molecular formula is C16H21BrFNO4. The maximum atomic E-state index is 13.3. The fourth-order valence-corrected chi connectivity index (χ4v) is 2.61. The van der Waals surface area contributed by atoms with Crippen LogP contribution in [-0.2, 0) is 4.74 Å². The van der Waals surface area contributed by atoms with Gasteiger partial charge in [0, 0.05) is 19.0 Å². The van der Waals surface area contributed by atoms with Crippen molar-refractivity contribution in [2.45, 2.75) is 45.0 Å². The second-order valence-corrected chi connectivity index (χ2v) is 7.37. The molecule has 1 aliphatic heterocycles. The molecule has 0 radical (unpaired) electrons. The van der Waals surface area contributed by atoms with Gasteiger partial charge >= 0.3 is 6.09 Å². The fraction of sp³-hybridized carbons (Fsp3) is 0.562. The van der Waals surface area contributed by atoms with E-state index in [1.807, 2.05) is 0 Å². The summed E-state index contributed by atoms with van der Waals surface area (Å²) in [6.07, 6.45) is -1.40. The number of carbonyl (C=O) groups is 1. The minimum absolute atomic E-state index is 0.118. The van der Waals surface area contributed by atoms with Crippen molar-refractivity contribution in [2.75, 3.05) is 13.1 Å². The van der Waals surface area contributed by atoms with Crippen molar-refractivity contribution < 1.29 is 23.8 Å². The standard InChI is InChI=1S/C16H21BrFNO4/c1-16(2,3)23-15(21)19-7-6-13(12(20)9-19)22-14-8-10(18)4-5-11(14)17/h4-5,8,12-13,20H,6-7,9H2,1-3H3/t12-,13-/m0/s1. The Morgan fingerprint density at radius 1 is 1.43 bits per heavy atom. The van der Waals surface area contributed by atoms with Gasteiger partial charge < -0.3 is 19.5 Å². The van der Waals surface area contributed by atoms with Gasteiger partial charge in [0.15, 0.2) is 0 Å². The normalized spacial score (nSPS) is 21.9. The smallest absolute Gasteiger partial charge is 0.410 e. The zero-order valence-electron chi connectivity index (χ0n) is 13.4. The minimum Gasteiger partial charge on any atom is -0.486 e. The summed E-state index contributed by atoms with van der Waals surface area (Å²) in [6, 6.07) is 4.13. The zero-order chi connectivity index (χ0) is 17.2. The highest BCUT2D eigenvalue weighted by Gasteiger charge is 2.34. The first-order valence-electron chi connectivity index (χ1n) is 7.43. The van der Waals surface area contributed by atoms with Crippen molar-refractivity contribution in [3.63, 3.8) is 0 Å². The lowest BCUT2D eigenvalue weighted by Gasteiger charge is -2.36. The highest BCUT2D eigenvalue weighted by molar-refractivity contribution is 9.10. The van der Waals surface area contributed by atoms with Crippen LogP contribution in [-0.4, -0.2) is 47.0 Å². The summed E-state index contributed by atoms with van der Waals surface area (Å²) < 4.78 is 24.9. The first-order chi connectivity index (χ1) is 10.7. The van der Waals surface area contributed by atoms with E-state index in [0.29, 0.717) is 23.2 Å². The molecule has 0 unspecified atom stereocenters. The van der Waals surface area contributed by atoms with Gasteiger partial charge in [-0.15, -0.1) is 0 Å². The molecule has 5 nitrogen and oxygen atoms in total. The largest absolute Gasteiger partial charge is 0.486 e. The molecule has 0 spiro atoms. The van der Waals surface area contributed by atoms with Gasteiger partial charge in [0.1, 0.15) is 29.4 Å². The number of aliphatic hydroxyl groups excluding tert-OH is 1. The number of hydrogen-bond acceptors (Lipinski definition) is 4. The molecule has 1 N–H and O–H groups in total. The Balaban J connectivity index is 1.96. The van der Waals surface area contributed by atoms with Crippen molar-refractivity contribution in [2.24, 2.45) is 0 Å². The maximum Gasteiger partial charge on any atom is 0.410 e. The second kappa shape index (κ2) is 7.05. The molecule has 0 aliphatic carbocycles. The molecular weight excluding hydrogens is 369 g/mol. The molecule has 1 heterocycles. The van der Waals surface area contributed by atoms with Gasteiger partial charge in [0.25, 0.3) is 0 Å². The van der Waals surface area contributed by atoms with Crippen LogP contribution in [0.15, 0.2) is 22.7 Å². The number of halogens is 2. The minimum atomic E-state index is -0.869. The van der Waals surface area contributed by atoms with Gasteiger partial charge in [0.2, 0.25) is 0 Å². The number of aliphatic hydroxyl groups is 1. The van der Waals surface area contributed by atoms with Crippen LogP contribution in [0, 0.1) is 5.82 Å². The summed E-state index contributed by atoms with van der Waals surface area (Å²) in [6.45, 7) is 5.89. The number of benzene rings is 1. The van der Waals surface area contributed by atoms with E-state index in [2.05, 4.69) is 15.9 Å². The molecule has 1 amide bonds. The molecule has 1 fully saturated rings. The summed E-state index contributed by atoms with van der Waals surface area (Å²) in [7, 11) is 0. The first kappa shape index (κ1) is 18.0. The van der Waals surface area contributed by atoms with Crippen LogP contribution in [0.25, 0.3) is 0 Å². The Morgan fingerprint density at radius 2 is 2.13 bits per heavy atom. The molecule has 1 aromatic carbocycles. The molecule has 0 saturated carbocycles. The number of piperidine rings is 1. The van der Waals surface area contributed by atoms with E-state index in [-0.39, 0.29) is 6.54 Å². The van der Waals surface area contributed by atoms with E-state index in [1.54, 1.807) is 26.8 Å². The number of ether oxygens (including phenoxy) is 2. The van der Waals surface area contributed by atoms with Crippen LogP contribution in [0.4, 0.5) is 9.18 Å². The zero-order valence-corrected chi connectivity index (χ0v) is 15.0. The number of carbonyl (C=O) groups excluding carboxylic acids is 1. The van der Waals surface area contributed by atoms with E-state index in [9.17, 15) is 14.3 Å². The molecule has 2 rings (SSSR count). The van der Waals surface area contributed by atoms with Crippen LogP contribution in [0.5, 0.6) is 5.75 Å². The van der Waals surface area contributed by atoms with E-state index in [4.69, 9.17) is 9.47 Å². The van der Waals surface area contributed by atoms with Crippen molar-refractivity contribution in [3.8, 4) is 5.75 Å². The van der Waals surface area contributed by atoms with Gasteiger partial charge in [-0.05, 0) is 48.8 Å². The highest BCUT2D eigenvalue weighted by Crippen LogP contribution is 2.29. The molecule has 0 aromatic heterocycles. The van der Waals surface area contributed by atoms with Crippen LogP contribution >= 0.6 is 15.9 Å². The topological polar surface area (TPSA) is 59.0 Å². The third-order valence-corrected chi connectivity index (χ3v) is 4.00. The molecule has 0 bridgehead atoms. The van der Waals surface area contributed by atoms with E-state index in [1.165, 1.54) is 17.0 Å². The molecule has 23 heavy (non-hydrogen) atoms. The summed E-state index contributed by atoms with van der Waals surface area (Å²) in [4.78, 5) is 13.5. The van der Waals surface area contributed by atoms with Crippen LogP contribution < -0.4 is 4.74 Å². The molecule has 128 valence electrons. The molecule has 1 aromatic rings. The summed E-state index contributed by atoms with van der Waals surface area (Å²) in [5.41, 5.74) is -0.582. The second-order valence-electron chi connectivity index (χ2n) is 6.51. The number of amides is 1. The van der Waals surface area contributed by atoms with Gasteiger partial charge in [-0.2, -0.15) is 0 Å². The SMILES string of the molecule is CC(C)(C)OC(=O)N1CC[C@H](Oc2cc(F)ccc2Br)[C@@H](O)C1. The number of hydrogen-bond donors (Lipinski definition) is 1. The summed E-state index contributed by atoms with van der Waals surface area (Å²) in [5, 5.41) is 10.2. The van der Waals surface area contributed by atoms with Gasteiger partial charge in [-0.3, -0.25) is 0 Å². The van der Waals surface area contributed by atoms with Gasteiger partial charge in [0.05, 0.1) is 11.0 Å². The predicted octanol–water partition coefficient (Wildman–Crippen LogP) is 3.34. The predicted molar refractivity (Wildman–Crippen MR) is 86.9 cm³/mol. The lowest BCUT2D eigenvalue weighted by molar-refractivity contribution is -0.0377. The third-order valence-electron chi connectivity index (χ3n) is 3.34. The number of β-amino-alcohol motifs (C(OH)–C–C–N with tert-alkyl or cyclic N) is 1. The molecule has 7 heteroatoms. The molecule has 2 atom stereocenters. The number of rotatable bonds is 2. The van der Waals surface area contributed by atoms with Crippen molar-refractivity contribution in [3.05, 3.63) is 28.5 Å². The van der Waals surface area contributed by atoms with Gasteiger partial charge in [-0.1, -0.05) is 0 Å². The average molecular weight is 390 g/mol. The molecule has 1 saturated heterocycles. The van der Waals surface area contributed by atoms with Crippen molar-refractivity contribution in [1.82, 2.24) is 4.90 Å². The lowest BCUT2D eigenvalue weighted by Crippen LogP contribution is -2.52. The van der Waals surface area contributed by atoms with Crippen LogP contribution in [0.2, 0.25) is 0 Å². The van der Waals surface area contributed by atoms with Crippen molar-refractivity contribution in [1.29, 1.82) is 0 Å². The van der Waals surface area contributed by atoms with Crippen LogP contribution in [0.1, 0.15) is 27.2 Å². The Kier molecular flexibility index (Phi) is 5.52. The Bertz CT molecular complexity index is 576. The van der Waals surface area contributed by atoms with Crippen molar-refractivity contribution >= 4 is 22.0 Å². The highest BCUT2D eigenvalue weighted by atomic mass is 79.9. The van der Waals surface area contributed by atoms with E-state index in [0.717, 1.165) is 0 Å². The average Bonchev–Trinajstić information content (AvgIpc) is 2.43. The first-order valence-corrected chi connectivity index (χ1v) is 8.23. The molecule has 1 aliphatic rings. The van der Waals surface area contributed by atoms with E-state index < -0.39 is 29.7 Å². The number of likely N-dealkylation sites (tertiary alicyclic amines) is 1. The quantitative estimate of drug-likeness (QED) is 0.842. The van der Waals surface area contributed by atoms with Crippen LogP contribution in [0.3, 0.4) is 0 Å².